The smallest absolute Gasteiger partial charge is 0.0323 e. The van der Waals surface area contributed by atoms with Gasteiger partial charge < -0.3 is 10.6 Å². The van der Waals surface area contributed by atoms with E-state index in [9.17, 15) is 0 Å². The summed E-state index contributed by atoms with van der Waals surface area (Å²) in [5, 5.41) is 7.20. The van der Waals surface area contributed by atoms with Crippen LogP contribution in [0.5, 0.6) is 0 Å². The lowest BCUT2D eigenvalue weighted by Crippen LogP contribution is -2.37. The number of hydrogen-bond donors (Lipinski definition) is 2. The molecule has 1 heterocycles. The van der Waals surface area contributed by atoms with E-state index in [0.29, 0.717) is 6.04 Å². The number of hydrogen-bond acceptors (Lipinski definition) is 2. The molecule has 1 atom stereocenters. The second-order valence-corrected chi connectivity index (χ2v) is 6.27. The SMILES string of the molecule is CC(C)(C)NCCCC1NCCc2ccccc21. The molecule has 1 aliphatic rings. The second-order valence-electron chi connectivity index (χ2n) is 6.27. The summed E-state index contributed by atoms with van der Waals surface area (Å²) in [6, 6.07) is 9.42. The first kappa shape index (κ1) is 13.6. The average Bonchev–Trinajstić information content (AvgIpc) is 2.33. The third kappa shape index (κ3) is 3.82. The van der Waals surface area contributed by atoms with E-state index in [-0.39, 0.29) is 5.54 Å². The molecule has 1 aromatic rings. The van der Waals surface area contributed by atoms with Crippen molar-refractivity contribution in [2.45, 2.75) is 51.6 Å². The molecule has 2 N–H and O–H groups in total. The summed E-state index contributed by atoms with van der Waals surface area (Å²) in [4.78, 5) is 0. The van der Waals surface area contributed by atoms with E-state index in [1.54, 1.807) is 0 Å². The monoisotopic (exact) mass is 246 g/mol. The summed E-state index contributed by atoms with van der Waals surface area (Å²) in [7, 11) is 0. The Labute approximate surface area is 111 Å². The molecule has 0 radical (unpaired) electrons. The molecule has 0 saturated heterocycles. The van der Waals surface area contributed by atoms with Crippen LogP contribution in [0.3, 0.4) is 0 Å². The maximum atomic E-state index is 3.65. The highest BCUT2D eigenvalue weighted by atomic mass is 14.9. The molecule has 0 spiro atoms. The first-order valence-electron chi connectivity index (χ1n) is 7.12. The Balaban J connectivity index is 1.84. The van der Waals surface area contributed by atoms with Crippen LogP contribution < -0.4 is 10.6 Å². The Kier molecular flexibility index (Phi) is 4.41. The summed E-state index contributed by atoms with van der Waals surface area (Å²) in [6.45, 7) is 8.89. The molecule has 0 amide bonds. The number of fused-ring (bicyclic) bond motifs is 1. The van der Waals surface area contributed by atoms with Gasteiger partial charge in [-0.1, -0.05) is 24.3 Å². The van der Waals surface area contributed by atoms with Gasteiger partial charge in [0.1, 0.15) is 0 Å². The van der Waals surface area contributed by atoms with Crippen molar-refractivity contribution in [2.75, 3.05) is 13.1 Å². The van der Waals surface area contributed by atoms with Gasteiger partial charge in [-0.2, -0.15) is 0 Å². The molecule has 0 bridgehead atoms. The topological polar surface area (TPSA) is 24.1 Å². The largest absolute Gasteiger partial charge is 0.312 e. The third-order valence-electron chi connectivity index (χ3n) is 3.54. The molecule has 2 nitrogen and oxygen atoms in total. The van der Waals surface area contributed by atoms with Gasteiger partial charge in [-0.05, 0) is 64.3 Å². The van der Waals surface area contributed by atoms with E-state index in [1.165, 1.54) is 30.4 Å². The van der Waals surface area contributed by atoms with Gasteiger partial charge in [-0.15, -0.1) is 0 Å². The molecule has 2 heteroatoms. The molecule has 100 valence electrons. The molecule has 1 aliphatic heterocycles. The Morgan fingerprint density at radius 2 is 2.06 bits per heavy atom. The van der Waals surface area contributed by atoms with Gasteiger partial charge in [-0.25, -0.2) is 0 Å². The highest BCUT2D eigenvalue weighted by Crippen LogP contribution is 2.25. The molecular formula is C16H26N2. The quantitative estimate of drug-likeness (QED) is 0.798. The number of rotatable bonds is 4. The molecule has 1 aromatic carbocycles. The van der Waals surface area contributed by atoms with Gasteiger partial charge in [0.2, 0.25) is 0 Å². The average molecular weight is 246 g/mol. The van der Waals surface area contributed by atoms with Gasteiger partial charge in [0.25, 0.3) is 0 Å². The number of benzene rings is 1. The van der Waals surface area contributed by atoms with E-state index in [2.05, 4.69) is 55.7 Å². The first-order valence-corrected chi connectivity index (χ1v) is 7.12. The fraction of sp³-hybridized carbons (Fsp3) is 0.625. The fourth-order valence-electron chi connectivity index (χ4n) is 2.62. The van der Waals surface area contributed by atoms with Crippen LogP contribution in [0, 0.1) is 0 Å². The van der Waals surface area contributed by atoms with Crippen LogP contribution in [0.25, 0.3) is 0 Å². The zero-order valence-electron chi connectivity index (χ0n) is 11.9. The Morgan fingerprint density at radius 1 is 1.28 bits per heavy atom. The van der Waals surface area contributed by atoms with Crippen molar-refractivity contribution in [2.24, 2.45) is 0 Å². The van der Waals surface area contributed by atoms with Crippen molar-refractivity contribution < 1.29 is 0 Å². The highest BCUT2D eigenvalue weighted by Gasteiger charge is 2.18. The standard InChI is InChI=1S/C16H26N2/c1-16(2,3)18-11-6-9-15-14-8-5-4-7-13(14)10-12-17-15/h4-5,7-8,15,17-18H,6,9-12H2,1-3H3. The minimum absolute atomic E-state index is 0.234. The lowest BCUT2D eigenvalue weighted by Gasteiger charge is -2.27. The highest BCUT2D eigenvalue weighted by molar-refractivity contribution is 5.32. The van der Waals surface area contributed by atoms with Crippen molar-refractivity contribution in [3.05, 3.63) is 35.4 Å². The predicted molar refractivity (Wildman–Crippen MR) is 77.9 cm³/mol. The minimum atomic E-state index is 0.234. The summed E-state index contributed by atoms with van der Waals surface area (Å²) < 4.78 is 0. The predicted octanol–water partition coefficient (Wildman–Crippen LogP) is 3.04. The molecule has 0 fully saturated rings. The van der Waals surface area contributed by atoms with Crippen LogP contribution in [-0.2, 0) is 6.42 Å². The number of nitrogens with one attached hydrogen (secondary N) is 2. The molecule has 0 aliphatic carbocycles. The first-order chi connectivity index (χ1) is 8.56. The third-order valence-corrected chi connectivity index (χ3v) is 3.54. The van der Waals surface area contributed by atoms with Crippen LogP contribution in [0.2, 0.25) is 0 Å². The fourth-order valence-corrected chi connectivity index (χ4v) is 2.62. The maximum Gasteiger partial charge on any atom is 0.0323 e. The van der Waals surface area contributed by atoms with Gasteiger partial charge in [0, 0.05) is 11.6 Å². The van der Waals surface area contributed by atoms with Crippen LogP contribution in [0.1, 0.15) is 50.8 Å². The zero-order valence-corrected chi connectivity index (χ0v) is 11.9. The van der Waals surface area contributed by atoms with Crippen LogP contribution in [0.4, 0.5) is 0 Å². The Hall–Kier alpha value is -0.860. The van der Waals surface area contributed by atoms with E-state index in [1.807, 2.05) is 0 Å². The molecule has 0 saturated carbocycles. The van der Waals surface area contributed by atoms with Crippen molar-refractivity contribution in [3.8, 4) is 0 Å². The minimum Gasteiger partial charge on any atom is -0.312 e. The van der Waals surface area contributed by atoms with Crippen molar-refractivity contribution >= 4 is 0 Å². The van der Waals surface area contributed by atoms with Crippen molar-refractivity contribution in [3.63, 3.8) is 0 Å². The van der Waals surface area contributed by atoms with Gasteiger partial charge >= 0.3 is 0 Å². The summed E-state index contributed by atoms with van der Waals surface area (Å²) in [5.41, 5.74) is 3.28. The van der Waals surface area contributed by atoms with Crippen molar-refractivity contribution in [1.82, 2.24) is 10.6 Å². The van der Waals surface area contributed by atoms with E-state index >= 15 is 0 Å². The second kappa shape index (κ2) is 5.85. The molecule has 18 heavy (non-hydrogen) atoms. The van der Waals surface area contributed by atoms with Crippen molar-refractivity contribution in [1.29, 1.82) is 0 Å². The Morgan fingerprint density at radius 3 is 2.83 bits per heavy atom. The Bertz CT molecular complexity index is 379. The van der Waals surface area contributed by atoms with Gasteiger partial charge in [0.15, 0.2) is 0 Å². The summed E-state index contributed by atoms with van der Waals surface area (Å²) in [5.74, 6) is 0. The maximum absolute atomic E-state index is 3.65. The van der Waals surface area contributed by atoms with Crippen LogP contribution in [0.15, 0.2) is 24.3 Å². The van der Waals surface area contributed by atoms with E-state index < -0.39 is 0 Å². The lowest BCUT2D eigenvalue weighted by atomic mass is 9.92. The molecule has 1 unspecified atom stereocenters. The van der Waals surface area contributed by atoms with Crippen LogP contribution >= 0.6 is 0 Å². The van der Waals surface area contributed by atoms with E-state index in [0.717, 1.165) is 13.1 Å². The van der Waals surface area contributed by atoms with Gasteiger partial charge in [0.05, 0.1) is 0 Å². The normalized spacial score (nSPS) is 19.6. The molecule has 2 rings (SSSR count). The summed E-state index contributed by atoms with van der Waals surface area (Å²) >= 11 is 0. The zero-order chi connectivity index (χ0) is 13.0. The summed E-state index contributed by atoms with van der Waals surface area (Å²) in [6.07, 6.45) is 3.62. The molecule has 0 aromatic heterocycles. The van der Waals surface area contributed by atoms with Crippen LogP contribution in [-0.4, -0.2) is 18.6 Å². The lowest BCUT2D eigenvalue weighted by molar-refractivity contribution is 0.396. The molecular weight excluding hydrogens is 220 g/mol. The van der Waals surface area contributed by atoms with E-state index in [4.69, 9.17) is 0 Å². The van der Waals surface area contributed by atoms with Gasteiger partial charge in [-0.3, -0.25) is 0 Å².